The van der Waals surface area contributed by atoms with Crippen LogP contribution in [-0.2, 0) is 0 Å². The van der Waals surface area contributed by atoms with Crippen LogP contribution in [0.4, 0.5) is 0 Å². The number of hydrogen-bond acceptors (Lipinski definition) is 4. The second kappa shape index (κ2) is 4.39. The number of hydrogen-bond donors (Lipinski definition) is 2. The molecule has 0 saturated heterocycles. The van der Waals surface area contributed by atoms with Gasteiger partial charge in [0.2, 0.25) is 0 Å². The molecule has 0 atom stereocenters. The average Bonchev–Trinajstić information content (AvgIpc) is 2.39. The predicted octanol–water partition coefficient (Wildman–Crippen LogP) is 0.723. The summed E-state index contributed by atoms with van der Waals surface area (Å²) in [5.74, 6) is 5.29. The van der Waals surface area contributed by atoms with Crippen LogP contribution in [-0.4, -0.2) is 15.8 Å². The van der Waals surface area contributed by atoms with E-state index < -0.39 is 0 Å². The maximum absolute atomic E-state index is 5.58. The van der Waals surface area contributed by atoms with Crippen molar-refractivity contribution in [2.45, 2.75) is 0 Å². The standard InChI is InChI=1S/C11H11N5/c12-11(16-13)10-6-9(14-7-15-10)8-4-2-1-3-5-8/h1-7H,13H2,(H2,12,16). The number of nitrogens with two attached hydrogens (primary N) is 2. The van der Waals surface area contributed by atoms with Crippen molar-refractivity contribution in [3.05, 3.63) is 48.4 Å². The zero-order chi connectivity index (χ0) is 11.4. The van der Waals surface area contributed by atoms with Gasteiger partial charge in [-0.05, 0) is 6.07 Å². The number of nitrogens with zero attached hydrogens (tertiary/aromatic N) is 3. The molecular formula is C11H11N5. The quantitative estimate of drug-likeness (QED) is 0.333. The summed E-state index contributed by atoms with van der Waals surface area (Å²) in [7, 11) is 0. The van der Waals surface area contributed by atoms with E-state index in [1.165, 1.54) is 6.33 Å². The third kappa shape index (κ3) is 1.98. The third-order valence-electron chi connectivity index (χ3n) is 2.14. The van der Waals surface area contributed by atoms with E-state index in [1.54, 1.807) is 6.07 Å². The highest BCUT2D eigenvalue weighted by Crippen LogP contribution is 2.15. The zero-order valence-corrected chi connectivity index (χ0v) is 8.54. The van der Waals surface area contributed by atoms with E-state index in [4.69, 9.17) is 11.6 Å². The molecule has 1 aromatic carbocycles. The normalized spacial score (nSPS) is 11.4. The highest BCUT2D eigenvalue weighted by molar-refractivity contribution is 5.96. The SMILES string of the molecule is N/N=C(/N)c1cc(-c2ccccc2)ncn1. The first-order chi connectivity index (χ1) is 7.81. The lowest BCUT2D eigenvalue weighted by Crippen LogP contribution is -2.17. The maximum atomic E-state index is 5.58. The van der Waals surface area contributed by atoms with Crippen LogP contribution in [0.5, 0.6) is 0 Å². The van der Waals surface area contributed by atoms with Crippen molar-refractivity contribution < 1.29 is 0 Å². The Morgan fingerprint density at radius 2 is 1.88 bits per heavy atom. The van der Waals surface area contributed by atoms with Gasteiger partial charge in [-0.15, -0.1) is 0 Å². The Labute approximate surface area is 92.8 Å². The van der Waals surface area contributed by atoms with Gasteiger partial charge < -0.3 is 11.6 Å². The molecule has 0 aliphatic rings. The molecule has 0 radical (unpaired) electrons. The van der Waals surface area contributed by atoms with Crippen molar-refractivity contribution in [3.8, 4) is 11.3 Å². The first-order valence-electron chi connectivity index (χ1n) is 4.72. The minimum atomic E-state index is 0.194. The summed E-state index contributed by atoms with van der Waals surface area (Å²) in [6.45, 7) is 0. The second-order valence-electron chi connectivity index (χ2n) is 3.17. The Bertz CT molecular complexity index is 507. The van der Waals surface area contributed by atoms with E-state index >= 15 is 0 Å². The first-order valence-corrected chi connectivity index (χ1v) is 4.72. The second-order valence-corrected chi connectivity index (χ2v) is 3.17. The van der Waals surface area contributed by atoms with Crippen LogP contribution in [0.3, 0.4) is 0 Å². The van der Waals surface area contributed by atoms with Gasteiger partial charge in [0.15, 0.2) is 5.84 Å². The molecule has 2 rings (SSSR count). The van der Waals surface area contributed by atoms with Gasteiger partial charge in [-0.2, -0.15) is 5.10 Å². The Morgan fingerprint density at radius 3 is 2.56 bits per heavy atom. The van der Waals surface area contributed by atoms with Crippen molar-refractivity contribution >= 4 is 5.84 Å². The molecule has 5 nitrogen and oxygen atoms in total. The van der Waals surface area contributed by atoms with E-state index in [0.717, 1.165) is 11.3 Å². The van der Waals surface area contributed by atoms with Crippen molar-refractivity contribution in [2.75, 3.05) is 0 Å². The van der Waals surface area contributed by atoms with E-state index in [1.807, 2.05) is 30.3 Å². The fourth-order valence-electron chi connectivity index (χ4n) is 1.33. The van der Waals surface area contributed by atoms with Crippen molar-refractivity contribution in [3.63, 3.8) is 0 Å². The van der Waals surface area contributed by atoms with Gasteiger partial charge >= 0.3 is 0 Å². The molecule has 16 heavy (non-hydrogen) atoms. The molecule has 0 spiro atoms. The van der Waals surface area contributed by atoms with Crippen LogP contribution >= 0.6 is 0 Å². The summed E-state index contributed by atoms with van der Waals surface area (Å²) < 4.78 is 0. The minimum absolute atomic E-state index is 0.194. The maximum Gasteiger partial charge on any atom is 0.169 e. The molecule has 0 amide bonds. The number of rotatable bonds is 2. The minimum Gasteiger partial charge on any atom is -0.380 e. The predicted molar refractivity (Wildman–Crippen MR) is 62.4 cm³/mol. The average molecular weight is 213 g/mol. The topological polar surface area (TPSA) is 90.2 Å². The molecule has 4 N–H and O–H groups in total. The van der Waals surface area contributed by atoms with Crippen molar-refractivity contribution in [1.82, 2.24) is 9.97 Å². The van der Waals surface area contributed by atoms with Crippen LogP contribution in [0, 0.1) is 0 Å². The molecule has 80 valence electrons. The smallest absolute Gasteiger partial charge is 0.169 e. The molecule has 2 aromatic rings. The number of hydrazone groups is 1. The third-order valence-corrected chi connectivity index (χ3v) is 2.14. The first kappa shape index (κ1) is 10.1. The fraction of sp³-hybridized carbons (Fsp3) is 0. The van der Waals surface area contributed by atoms with E-state index in [9.17, 15) is 0 Å². The summed E-state index contributed by atoms with van der Waals surface area (Å²) >= 11 is 0. The van der Waals surface area contributed by atoms with Crippen LogP contribution in [0.1, 0.15) is 5.69 Å². The molecule has 0 aliphatic carbocycles. The van der Waals surface area contributed by atoms with Crippen LogP contribution < -0.4 is 11.6 Å². The largest absolute Gasteiger partial charge is 0.380 e. The number of amidine groups is 1. The van der Waals surface area contributed by atoms with Crippen LogP contribution in [0.15, 0.2) is 47.8 Å². The molecule has 1 heterocycles. The highest BCUT2D eigenvalue weighted by atomic mass is 15.2. The highest BCUT2D eigenvalue weighted by Gasteiger charge is 2.03. The zero-order valence-electron chi connectivity index (χ0n) is 8.54. The van der Waals surface area contributed by atoms with Crippen molar-refractivity contribution in [1.29, 1.82) is 0 Å². The Morgan fingerprint density at radius 1 is 1.12 bits per heavy atom. The summed E-state index contributed by atoms with van der Waals surface area (Å²) in [5, 5.41) is 3.40. The van der Waals surface area contributed by atoms with Gasteiger partial charge in [0.05, 0.1) is 5.69 Å². The molecular weight excluding hydrogens is 202 g/mol. The van der Waals surface area contributed by atoms with E-state index in [0.29, 0.717) is 5.69 Å². The monoisotopic (exact) mass is 213 g/mol. The van der Waals surface area contributed by atoms with Crippen molar-refractivity contribution in [2.24, 2.45) is 16.7 Å². The lowest BCUT2D eigenvalue weighted by atomic mass is 10.1. The van der Waals surface area contributed by atoms with Gasteiger partial charge in [0.25, 0.3) is 0 Å². The summed E-state index contributed by atoms with van der Waals surface area (Å²) in [5.41, 5.74) is 7.89. The Hall–Kier alpha value is -2.43. The fourth-order valence-corrected chi connectivity index (χ4v) is 1.33. The molecule has 0 fully saturated rings. The van der Waals surface area contributed by atoms with Gasteiger partial charge in [-0.1, -0.05) is 30.3 Å². The molecule has 1 aromatic heterocycles. The lowest BCUT2D eigenvalue weighted by molar-refractivity contribution is 1.13. The molecule has 0 bridgehead atoms. The molecule has 0 unspecified atom stereocenters. The molecule has 5 heteroatoms. The molecule has 0 saturated carbocycles. The number of benzene rings is 1. The van der Waals surface area contributed by atoms with Crippen LogP contribution in [0.25, 0.3) is 11.3 Å². The Kier molecular flexibility index (Phi) is 2.77. The van der Waals surface area contributed by atoms with Gasteiger partial charge in [-0.3, -0.25) is 0 Å². The van der Waals surface area contributed by atoms with E-state index in [-0.39, 0.29) is 5.84 Å². The summed E-state index contributed by atoms with van der Waals surface area (Å²) in [6.07, 6.45) is 1.44. The van der Waals surface area contributed by atoms with Gasteiger partial charge in [0, 0.05) is 5.56 Å². The summed E-state index contributed by atoms with van der Waals surface area (Å²) in [4.78, 5) is 8.15. The molecule has 0 aliphatic heterocycles. The van der Waals surface area contributed by atoms with Gasteiger partial charge in [0.1, 0.15) is 12.0 Å². The summed E-state index contributed by atoms with van der Waals surface area (Å²) in [6, 6.07) is 11.5. The van der Waals surface area contributed by atoms with Crippen LogP contribution in [0.2, 0.25) is 0 Å². The van der Waals surface area contributed by atoms with Gasteiger partial charge in [-0.25, -0.2) is 9.97 Å². The lowest BCUT2D eigenvalue weighted by Gasteiger charge is -2.02. The Balaban J connectivity index is 2.44. The van der Waals surface area contributed by atoms with E-state index in [2.05, 4.69) is 15.1 Å². The number of aromatic nitrogens is 2.